The van der Waals surface area contributed by atoms with Gasteiger partial charge < -0.3 is 15.5 Å². The third-order valence-electron chi connectivity index (χ3n) is 3.00. The zero-order valence-electron chi connectivity index (χ0n) is 10.2. The predicted octanol–water partition coefficient (Wildman–Crippen LogP) is 0.878. The van der Waals surface area contributed by atoms with E-state index in [2.05, 4.69) is 5.32 Å². The Morgan fingerprint density at radius 3 is 2.38 bits per heavy atom. The molecule has 0 aromatic rings. The summed E-state index contributed by atoms with van der Waals surface area (Å²) in [5, 5.41) is 21.4. The fourth-order valence-electron chi connectivity index (χ4n) is 2.27. The lowest BCUT2D eigenvalue weighted by Crippen LogP contribution is -2.58. The van der Waals surface area contributed by atoms with E-state index in [1.165, 1.54) is 4.90 Å². The Kier molecular flexibility index (Phi) is 4.15. The molecule has 1 saturated heterocycles. The Hall–Kier alpha value is -0.810. The van der Waals surface area contributed by atoms with E-state index in [1.54, 1.807) is 0 Å². The van der Waals surface area contributed by atoms with E-state index in [-0.39, 0.29) is 24.2 Å². The molecule has 1 heterocycles. The molecule has 1 fully saturated rings. The molecule has 0 bridgehead atoms. The van der Waals surface area contributed by atoms with E-state index in [9.17, 15) is 9.90 Å². The van der Waals surface area contributed by atoms with Crippen molar-refractivity contribution in [3.63, 3.8) is 0 Å². The highest BCUT2D eigenvalue weighted by atomic mass is 16.4. The van der Waals surface area contributed by atoms with E-state index in [0.29, 0.717) is 6.54 Å². The van der Waals surface area contributed by atoms with Gasteiger partial charge in [0.15, 0.2) is 0 Å². The van der Waals surface area contributed by atoms with E-state index in [0.717, 1.165) is 12.8 Å². The van der Waals surface area contributed by atoms with Crippen LogP contribution in [0.5, 0.6) is 0 Å². The molecular weight excluding hydrogens is 208 g/mol. The second kappa shape index (κ2) is 5.01. The minimum atomic E-state index is -0.873. The van der Waals surface area contributed by atoms with E-state index < -0.39 is 6.09 Å². The highest BCUT2D eigenvalue weighted by molar-refractivity contribution is 5.66. The van der Waals surface area contributed by atoms with Gasteiger partial charge >= 0.3 is 6.09 Å². The van der Waals surface area contributed by atoms with Crippen LogP contribution in [0.1, 0.15) is 33.6 Å². The van der Waals surface area contributed by atoms with Crippen LogP contribution < -0.4 is 5.32 Å². The summed E-state index contributed by atoms with van der Waals surface area (Å²) < 4.78 is 0. The van der Waals surface area contributed by atoms with E-state index in [4.69, 9.17) is 5.11 Å². The molecule has 1 rings (SSSR count). The maximum atomic E-state index is 11.2. The fraction of sp³-hybridized carbons (Fsp3) is 0.909. The van der Waals surface area contributed by atoms with Gasteiger partial charge in [0.2, 0.25) is 0 Å². The first-order chi connectivity index (χ1) is 7.36. The van der Waals surface area contributed by atoms with Crippen LogP contribution in [0.4, 0.5) is 4.79 Å². The van der Waals surface area contributed by atoms with Gasteiger partial charge in [-0.15, -0.1) is 0 Å². The molecule has 0 radical (unpaired) electrons. The minimum absolute atomic E-state index is 0.000278. The van der Waals surface area contributed by atoms with Crippen molar-refractivity contribution < 1.29 is 15.0 Å². The van der Waals surface area contributed by atoms with Crippen LogP contribution in [-0.4, -0.2) is 52.0 Å². The van der Waals surface area contributed by atoms with Crippen molar-refractivity contribution in [1.82, 2.24) is 10.2 Å². The molecule has 2 unspecified atom stereocenters. The summed E-state index contributed by atoms with van der Waals surface area (Å²) in [5.74, 6) is 0. The first-order valence-electron chi connectivity index (χ1n) is 5.72. The normalized spacial score (nSPS) is 26.5. The lowest BCUT2D eigenvalue weighted by atomic mass is 9.95. The van der Waals surface area contributed by atoms with Crippen LogP contribution >= 0.6 is 0 Å². The standard InChI is InChI=1S/C11H22N2O3/c1-11(2,3)13(10(15)16)9-5-4-8(7-14)12-6-9/h8-9,12,14H,4-7H2,1-3H3,(H,15,16). The molecule has 1 aliphatic rings. The summed E-state index contributed by atoms with van der Waals surface area (Å²) in [6, 6.07) is 0.118. The number of amides is 1. The Bertz CT molecular complexity index is 242. The van der Waals surface area contributed by atoms with Gasteiger partial charge in [0, 0.05) is 24.2 Å². The number of nitrogens with zero attached hydrogens (tertiary/aromatic N) is 1. The average Bonchev–Trinajstić information content (AvgIpc) is 2.16. The van der Waals surface area contributed by atoms with Crippen molar-refractivity contribution >= 4 is 6.09 Å². The van der Waals surface area contributed by atoms with Crippen LogP contribution in [0.3, 0.4) is 0 Å². The molecule has 0 saturated carbocycles. The number of nitrogens with one attached hydrogen (secondary N) is 1. The van der Waals surface area contributed by atoms with Gasteiger partial charge in [-0.2, -0.15) is 0 Å². The Labute approximate surface area is 96.4 Å². The van der Waals surface area contributed by atoms with Crippen LogP contribution in [0.25, 0.3) is 0 Å². The molecule has 5 nitrogen and oxygen atoms in total. The molecule has 94 valence electrons. The van der Waals surface area contributed by atoms with Gasteiger partial charge in [0.25, 0.3) is 0 Å². The van der Waals surface area contributed by atoms with Crippen LogP contribution in [0, 0.1) is 0 Å². The number of hydrogen-bond donors (Lipinski definition) is 3. The van der Waals surface area contributed by atoms with Crippen LogP contribution in [-0.2, 0) is 0 Å². The zero-order chi connectivity index (χ0) is 12.3. The van der Waals surface area contributed by atoms with Gasteiger partial charge in [-0.05, 0) is 33.6 Å². The zero-order valence-corrected chi connectivity index (χ0v) is 10.2. The molecule has 1 amide bonds. The molecule has 0 aromatic heterocycles. The van der Waals surface area contributed by atoms with Gasteiger partial charge in [0.1, 0.15) is 0 Å². The largest absolute Gasteiger partial charge is 0.465 e. The lowest BCUT2D eigenvalue weighted by Gasteiger charge is -2.42. The summed E-state index contributed by atoms with van der Waals surface area (Å²) in [7, 11) is 0. The number of rotatable bonds is 2. The number of piperidine rings is 1. The highest BCUT2D eigenvalue weighted by Gasteiger charge is 2.35. The smallest absolute Gasteiger partial charge is 0.408 e. The third kappa shape index (κ3) is 3.09. The van der Waals surface area contributed by atoms with E-state index >= 15 is 0 Å². The quantitative estimate of drug-likeness (QED) is 0.658. The van der Waals surface area contributed by atoms with Gasteiger partial charge in [-0.3, -0.25) is 4.90 Å². The first-order valence-corrected chi connectivity index (χ1v) is 5.72. The van der Waals surface area contributed by atoms with Crippen molar-refractivity contribution in [2.45, 2.75) is 51.2 Å². The topological polar surface area (TPSA) is 72.8 Å². The first kappa shape index (κ1) is 13.3. The predicted molar refractivity (Wildman–Crippen MR) is 61.5 cm³/mol. The third-order valence-corrected chi connectivity index (χ3v) is 3.00. The molecule has 0 spiro atoms. The molecule has 5 heteroatoms. The monoisotopic (exact) mass is 230 g/mol. The highest BCUT2D eigenvalue weighted by Crippen LogP contribution is 2.22. The summed E-state index contributed by atoms with van der Waals surface area (Å²) in [4.78, 5) is 12.8. The molecule has 3 N–H and O–H groups in total. The minimum Gasteiger partial charge on any atom is -0.465 e. The van der Waals surface area contributed by atoms with Crippen molar-refractivity contribution in [3.05, 3.63) is 0 Å². The molecular formula is C11H22N2O3. The van der Waals surface area contributed by atoms with Crippen LogP contribution in [0.2, 0.25) is 0 Å². The summed E-state index contributed by atoms with van der Waals surface area (Å²) in [6.07, 6.45) is 0.754. The second-order valence-electron chi connectivity index (χ2n) is 5.34. The molecule has 16 heavy (non-hydrogen) atoms. The summed E-state index contributed by atoms with van der Waals surface area (Å²) in [5.41, 5.74) is -0.385. The van der Waals surface area contributed by atoms with Crippen LogP contribution in [0.15, 0.2) is 0 Å². The average molecular weight is 230 g/mol. The molecule has 0 aliphatic carbocycles. The van der Waals surface area contributed by atoms with Gasteiger partial charge in [0.05, 0.1) is 6.61 Å². The van der Waals surface area contributed by atoms with Crippen molar-refractivity contribution in [2.75, 3.05) is 13.2 Å². The maximum Gasteiger partial charge on any atom is 0.408 e. The van der Waals surface area contributed by atoms with Gasteiger partial charge in [-0.25, -0.2) is 4.79 Å². The Balaban J connectivity index is 2.65. The van der Waals surface area contributed by atoms with Crippen molar-refractivity contribution in [3.8, 4) is 0 Å². The lowest BCUT2D eigenvalue weighted by molar-refractivity contribution is 0.0532. The van der Waals surface area contributed by atoms with E-state index in [1.807, 2.05) is 20.8 Å². The number of aliphatic hydroxyl groups excluding tert-OH is 1. The van der Waals surface area contributed by atoms with Crippen molar-refractivity contribution in [2.24, 2.45) is 0 Å². The Morgan fingerprint density at radius 1 is 1.44 bits per heavy atom. The number of hydrogen-bond acceptors (Lipinski definition) is 3. The van der Waals surface area contributed by atoms with Gasteiger partial charge in [-0.1, -0.05) is 0 Å². The fourth-order valence-corrected chi connectivity index (χ4v) is 2.27. The second-order valence-corrected chi connectivity index (χ2v) is 5.34. The number of carbonyl (C=O) groups is 1. The Morgan fingerprint density at radius 2 is 2.06 bits per heavy atom. The molecule has 0 aromatic carbocycles. The maximum absolute atomic E-state index is 11.2. The molecule has 1 aliphatic heterocycles. The number of aliphatic hydroxyl groups is 1. The SMILES string of the molecule is CC(C)(C)N(C(=O)O)C1CCC(CO)NC1. The summed E-state index contributed by atoms with van der Waals surface area (Å²) in [6.45, 7) is 6.45. The number of carboxylic acid groups (broad SMARTS) is 1. The molecule has 2 atom stereocenters. The van der Waals surface area contributed by atoms with Crippen molar-refractivity contribution in [1.29, 1.82) is 0 Å². The summed E-state index contributed by atoms with van der Waals surface area (Å²) >= 11 is 0.